The van der Waals surface area contributed by atoms with Crippen molar-refractivity contribution in [2.24, 2.45) is 0 Å². The van der Waals surface area contributed by atoms with Crippen LogP contribution >= 0.6 is 12.2 Å². The Hall–Kier alpha value is -0.940. The van der Waals surface area contributed by atoms with Gasteiger partial charge in [0.15, 0.2) is 0 Å². The van der Waals surface area contributed by atoms with Crippen molar-refractivity contribution in [1.82, 2.24) is 9.97 Å². The number of hydrogen-bond donors (Lipinski definition) is 2. The maximum Gasteiger partial charge on any atom is 0.138 e. The molecule has 0 amide bonds. The van der Waals surface area contributed by atoms with E-state index in [0.29, 0.717) is 10.7 Å². The molecule has 16 heavy (non-hydrogen) atoms. The van der Waals surface area contributed by atoms with Gasteiger partial charge in [0.2, 0.25) is 0 Å². The highest BCUT2D eigenvalue weighted by Crippen LogP contribution is 2.26. The molecule has 0 aliphatic carbocycles. The number of anilines is 1. The van der Waals surface area contributed by atoms with Crippen LogP contribution in [0.1, 0.15) is 38.6 Å². The number of aromatic amines is 1. The number of hydrogen-bond acceptors (Lipinski definition) is 4. The fourth-order valence-corrected chi connectivity index (χ4v) is 2.03. The Labute approximate surface area is 100 Å². The maximum atomic E-state index is 5.59. The lowest BCUT2D eigenvalue weighted by Gasteiger charge is -2.14. The zero-order chi connectivity index (χ0) is 11.5. The highest BCUT2D eigenvalue weighted by atomic mass is 32.1. The number of aromatic nitrogens is 2. The minimum absolute atomic E-state index is 0.0793. The first kappa shape index (κ1) is 11.5. The zero-order valence-electron chi connectivity index (χ0n) is 9.62. The van der Waals surface area contributed by atoms with Crippen LogP contribution < -0.4 is 5.32 Å². The Morgan fingerprint density at radius 2 is 2.44 bits per heavy atom. The van der Waals surface area contributed by atoms with Crippen LogP contribution in [0.5, 0.6) is 0 Å². The van der Waals surface area contributed by atoms with E-state index in [1.165, 1.54) is 0 Å². The van der Waals surface area contributed by atoms with E-state index in [-0.39, 0.29) is 6.10 Å². The zero-order valence-corrected chi connectivity index (χ0v) is 10.4. The van der Waals surface area contributed by atoms with Crippen LogP contribution in [0.4, 0.5) is 5.82 Å². The van der Waals surface area contributed by atoms with Crippen molar-refractivity contribution >= 4 is 18.0 Å². The maximum absolute atomic E-state index is 5.59. The first-order chi connectivity index (χ1) is 7.65. The summed E-state index contributed by atoms with van der Waals surface area (Å²) in [5.74, 6) is 1.76. The highest BCUT2D eigenvalue weighted by molar-refractivity contribution is 7.71. The summed E-state index contributed by atoms with van der Waals surface area (Å²) in [7, 11) is 0. The Morgan fingerprint density at radius 3 is 3.06 bits per heavy atom. The van der Waals surface area contributed by atoms with E-state index in [1.807, 2.05) is 6.07 Å². The van der Waals surface area contributed by atoms with Gasteiger partial charge in [0.1, 0.15) is 22.4 Å². The van der Waals surface area contributed by atoms with Gasteiger partial charge in [-0.2, -0.15) is 0 Å². The normalized spacial score (nSPS) is 20.3. The molecule has 1 aliphatic rings. The van der Waals surface area contributed by atoms with Crippen LogP contribution in [-0.4, -0.2) is 22.6 Å². The second-order valence-corrected chi connectivity index (χ2v) is 4.74. The lowest BCUT2D eigenvalue weighted by molar-refractivity contribution is 0.105. The summed E-state index contributed by atoms with van der Waals surface area (Å²) in [6, 6.07) is 2.21. The van der Waals surface area contributed by atoms with Crippen LogP contribution in [0.3, 0.4) is 0 Å². The van der Waals surface area contributed by atoms with Gasteiger partial charge in [-0.25, -0.2) is 4.98 Å². The fraction of sp³-hybridized carbons (Fsp3) is 0.636. The highest BCUT2D eigenvalue weighted by Gasteiger charge is 2.20. The molecule has 0 saturated carbocycles. The molecule has 4 nitrogen and oxygen atoms in total. The molecule has 88 valence electrons. The number of rotatable bonds is 3. The molecule has 1 aliphatic heterocycles. The van der Waals surface area contributed by atoms with Gasteiger partial charge in [0.25, 0.3) is 0 Å². The Morgan fingerprint density at radius 1 is 1.62 bits per heavy atom. The van der Waals surface area contributed by atoms with Crippen molar-refractivity contribution in [3.05, 3.63) is 16.5 Å². The van der Waals surface area contributed by atoms with E-state index < -0.39 is 0 Å². The molecule has 2 N–H and O–H groups in total. The molecule has 1 aromatic rings. The van der Waals surface area contributed by atoms with E-state index in [0.717, 1.165) is 31.1 Å². The molecule has 1 saturated heterocycles. The summed E-state index contributed by atoms with van der Waals surface area (Å²) in [5, 5.41) is 3.29. The molecule has 0 bridgehead atoms. The molecular weight excluding hydrogens is 222 g/mol. The standard InChI is InChI=1S/C11H17N3OS/c1-7(2)12-9-6-10(16)14-11(13-9)8-4-3-5-15-8/h6-8H,3-5H2,1-2H3,(H2,12,13,14,16). The molecule has 1 fully saturated rings. The third kappa shape index (κ3) is 2.80. The van der Waals surface area contributed by atoms with Gasteiger partial charge in [-0.15, -0.1) is 0 Å². The summed E-state index contributed by atoms with van der Waals surface area (Å²) in [4.78, 5) is 7.56. The van der Waals surface area contributed by atoms with Gasteiger partial charge in [0, 0.05) is 18.7 Å². The van der Waals surface area contributed by atoms with Gasteiger partial charge in [-0.05, 0) is 26.7 Å². The molecule has 0 aromatic carbocycles. The van der Waals surface area contributed by atoms with Crippen molar-refractivity contribution in [3.63, 3.8) is 0 Å². The first-order valence-electron chi connectivity index (χ1n) is 5.64. The topological polar surface area (TPSA) is 49.9 Å². The molecule has 2 rings (SSSR count). The summed E-state index contributed by atoms with van der Waals surface area (Å²) in [5.41, 5.74) is 0. The van der Waals surface area contributed by atoms with Gasteiger partial charge < -0.3 is 15.0 Å². The van der Waals surface area contributed by atoms with E-state index in [4.69, 9.17) is 17.0 Å². The van der Waals surface area contributed by atoms with Gasteiger partial charge in [-0.1, -0.05) is 12.2 Å². The molecule has 1 atom stereocenters. The largest absolute Gasteiger partial charge is 0.370 e. The third-order valence-corrected chi connectivity index (χ3v) is 2.65. The van der Waals surface area contributed by atoms with Crippen molar-refractivity contribution in [2.75, 3.05) is 11.9 Å². The second kappa shape index (κ2) is 4.93. The number of nitrogens with zero attached hydrogens (tertiary/aromatic N) is 1. The monoisotopic (exact) mass is 239 g/mol. The summed E-state index contributed by atoms with van der Waals surface area (Å²) >= 11 is 5.15. The van der Waals surface area contributed by atoms with Gasteiger partial charge in [0.05, 0.1) is 0 Å². The average Bonchev–Trinajstić information content (AvgIpc) is 2.67. The predicted octanol–water partition coefficient (Wildman–Crippen LogP) is 2.81. The van der Waals surface area contributed by atoms with Crippen molar-refractivity contribution in [3.8, 4) is 0 Å². The molecule has 0 radical (unpaired) electrons. The first-order valence-corrected chi connectivity index (χ1v) is 6.05. The second-order valence-electron chi connectivity index (χ2n) is 4.32. The third-order valence-electron chi connectivity index (χ3n) is 2.44. The predicted molar refractivity (Wildman–Crippen MR) is 66.1 cm³/mol. The average molecular weight is 239 g/mol. The SMILES string of the molecule is CC(C)Nc1cc(=S)nc(C2CCCO2)[nH]1. The lowest BCUT2D eigenvalue weighted by atomic mass is 10.2. The van der Waals surface area contributed by atoms with Crippen LogP contribution in [-0.2, 0) is 4.74 Å². The number of nitrogens with one attached hydrogen (secondary N) is 2. The van der Waals surface area contributed by atoms with E-state index >= 15 is 0 Å². The Bertz CT molecular complexity index is 410. The molecule has 2 heterocycles. The summed E-state index contributed by atoms with van der Waals surface area (Å²) in [6.45, 7) is 4.99. The minimum atomic E-state index is 0.0793. The molecule has 1 aromatic heterocycles. The van der Waals surface area contributed by atoms with E-state index in [2.05, 4.69) is 29.1 Å². The summed E-state index contributed by atoms with van der Waals surface area (Å²) in [6.07, 6.45) is 2.19. The quantitative estimate of drug-likeness (QED) is 0.796. The molecule has 1 unspecified atom stereocenters. The Balaban J connectivity index is 2.24. The Kier molecular flexibility index (Phi) is 3.56. The molecule has 0 spiro atoms. The van der Waals surface area contributed by atoms with Crippen LogP contribution in [0, 0.1) is 4.64 Å². The summed E-state index contributed by atoms with van der Waals surface area (Å²) < 4.78 is 6.19. The van der Waals surface area contributed by atoms with E-state index in [1.54, 1.807) is 0 Å². The van der Waals surface area contributed by atoms with Crippen molar-refractivity contribution in [1.29, 1.82) is 0 Å². The van der Waals surface area contributed by atoms with Crippen LogP contribution in [0.15, 0.2) is 6.07 Å². The number of ether oxygens (including phenoxy) is 1. The lowest BCUT2D eigenvalue weighted by Crippen LogP contribution is -2.13. The van der Waals surface area contributed by atoms with Crippen LogP contribution in [0.25, 0.3) is 0 Å². The minimum Gasteiger partial charge on any atom is -0.370 e. The smallest absolute Gasteiger partial charge is 0.138 e. The fourth-order valence-electron chi connectivity index (χ4n) is 1.81. The van der Waals surface area contributed by atoms with Gasteiger partial charge >= 0.3 is 0 Å². The van der Waals surface area contributed by atoms with Gasteiger partial charge in [-0.3, -0.25) is 0 Å². The van der Waals surface area contributed by atoms with Crippen molar-refractivity contribution in [2.45, 2.75) is 38.8 Å². The number of H-pyrrole nitrogens is 1. The van der Waals surface area contributed by atoms with E-state index in [9.17, 15) is 0 Å². The molecular formula is C11H17N3OS. The van der Waals surface area contributed by atoms with Crippen LogP contribution in [0.2, 0.25) is 0 Å². The van der Waals surface area contributed by atoms with Crippen molar-refractivity contribution < 1.29 is 4.74 Å². The molecule has 5 heteroatoms.